The van der Waals surface area contributed by atoms with Crippen LogP contribution in [-0.4, -0.2) is 30.3 Å². The lowest BCUT2D eigenvalue weighted by Gasteiger charge is -2.09. The molecule has 0 unspecified atom stereocenters. The third-order valence-corrected chi connectivity index (χ3v) is 5.61. The molecule has 36 heavy (non-hydrogen) atoms. The van der Waals surface area contributed by atoms with Gasteiger partial charge < -0.3 is 10.1 Å². The highest BCUT2D eigenvalue weighted by molar-refractivity contribution is 6.08. The van der Waals surface area contributed by atoms with Gasteiger partial charge in [0.1, 0.15) is 17.0 Å². The number of alkyl halides is 2. The van der Waals surface area contributed by atoms with Crippen LogP contribution in [0, 0.1) is 13.8 Å². The molecule has 8 nitrogen and oxygen atoms in total. The number of carbonyl (C=O) groups excluding carboxylic acids is 1. The Labute approximate surface area is 205 Å². The average Bonchev–Trinajstić information content (AvgIpc) is 3.50. The van der Waals surface area contributed by atoms with Crippen LogP contribution in [0.25, 0.3) is 16.9 Å². The first kappa shape index (κ1) is 23.2. The standard InChI is InChI=1S/C26H22F2N6O2/c1-16-8-9-23(17(2)10-16)36-15-33-14-19(12-29-33)31-26(35)20-13-30-34-22(24(27)28)11-21(32-25(20)34)18-6-4-3-5-7-18/h3-14,24H,15H2,1-2H3,(H,31,35). The van der Waals surface area contributed by atoms with E-state index in [-0.39, 0.29) is 23.6 Å². The Bertz CT molecular complexity index is 1550. The number of nitrogens with zero attached hydrogens (tertiary/aromatic N) is 5. The summed E-state index contributed by atoms with van der Waals surface area (Å²) < 4.78 is 35.9. The molecule has 0 aliphatic heterocycles. The van der Waals surface area contributed by atoms with Crippen molar-refractivity contribution >= 4 is 17.2 Å². The van der Waals surface area contributed by atoms with E-state index in [4.69, 9.17) is 4.74 Å². The average molecular weight is 488 g/mol. The van der Waals surface area contributed by atoms with Crippen molar-refractivity contribution in [3.63, 3.8) is 0 Å². The number of benzene rings is 2. The van der Waals surface area contributed by atoms with Crippen molar-refractivity contribution in [2.24, 2.45) is 0 Å². The van der Waals surface area contributed by atoms with Gasteiger partial charge in [-0.05, 0) is 31.5 Å². The third kappa shape index (κ3) is 4.65. The number of rotatable bonds is 7. The highest BCUT2D eigenvalue weighted by Gasteiger charge is 2.22. The maximum absolute atomic E-state index is 13.8. The van der Waals surface area contributed by atoms with Gasteiger partial charge in [0.05, 0.1) is 30.0 Å². The zero-order valence-corrected chi connectivity index (χ0v) is 19.5. The zero-order chi connectivity index (χ0) is 25.2. The van der Waals surface area contributed by atoms with Gasteiger partial charge in [-0.2, -0.15) is 10.2 Å². The SMILES string of the molecule is Cc1ccc(OCn2cc(NC(=O)c3cnn4c(C(F)F)cc(-c5ccccc5)nc34)cn2)c(C)c1. The molecule has 0 atom stereocenters. The number of nitrogens with one attached hydrogen (secondary N) is 1. The van der Waals surface area contributed by atoms with Crippen LogP contribution in [0.4, 0.5) is 14.5 Å². The van der Waals surface area contributed by atoms with Crippen molar-refractivity contribution in [1.29, 1.82) is 0 Å². The van der Waals surface area contributed by atoms with Gasteiger partial charge in [0.15, 0.2) is 12.4 Å². The lowest BCUT2D eigenvalue weighted by molar-refractivity contribution is 0.102. The molecule has 0 saturated heterocycles. The molecule has 0 bridgehead atoms. The van der Waals surface area contributed by atoms with Crippen molar-refractivity contribution in [3.05, 3.63) is 95.6 Å². The van der Waals surface area contributed by atoms with E-state index >= 15 is 0 Å². The number of anilines is 1. The van der Waals surface area contributed by atoms with E-state index in [9.17, 15) is 13.6 Å². The Morgan fingerprint density at radius 3 is 2.61 bits per heavy atom. The quantitative estimate of drug-likeness (QED) is 0.330. The number of hydrogen-bond donors (Lipinski definition) is 1. The number of carbonyl (C=O) groups is 1. The Morgan fingerprint density at radius 2 is 1.86 bits per heavy atom. The predicted molar refractivity (Wildman–Crippen MR) is 130 cm³/mol. The molecule has 0 aliphatic rings. The molecular weight excluding hydrogens is 466 g/mol. The lowest BCUT2D eigenvalue weighted by atomic mass is 10.1. The van der Waals surface area contributed by atoms with Gasteiger partial charge in [-0.15, -0.1) is 0 Å². The summed E-state index contributed by atoms with van der Waals surface area (Å²) in [5, 5.41) is 10.9. The van der Waals surface area contributed by atoms with E-state index in [1.807, 2.05) is 38.1 Å². The maximum atomic E-state index is 13.8. The fourth-order valence-corrected chi connectivity index (χ4v) is 3.85. The molecule has 182 valence electrons. The summed E-state index contributed by atoms with van der Waals surface area (Å²) in [6.45, 7) is 4.12. The number of ether oxygens (including phenoxy) is 1. The topological polar surface area (TPSA) is 86.3 Å². The summed E-state index contributed by atoms with van der Waals surface area (Å²) in [5.74, 6) is 0.195. The van der Waals surface area contributed by atoms with Gasteiger partial charge in [0, 0.05) is 5.56 Å². The molecular formula is C26H22F2N6O2. The molecule has 0 spiro atoms. The van der Waals surface area contributed by atoms with Crippen molar-refractivity contribution in [3.8, 4) is 17.0 Å². The smallest absolute Gasteiger partial charge is 0.280 e. The number of aromatic nitrogens is 5. The first-order valence-electron chi connectivity index (χ1n) is 11.1. The van der Waals surface area contributed by atoms with Crippen molar-refractivity contribution in [2.75, 3.05) is 5.32 Å². The normalized spacial score (nSPS) is 11.2. The largest absolute Gasteiger partial charge is 0.471 e. The summed E-state index contributed by atoms with van der Waals surface area (Å²) in [6, 6.07) is 16.1. The monoisotopic (exact) mass is 488 g/mol. The first-order valence-corrected chi connectivity index (χ1v) is 11.1. The highest BCUT2D eigenvalue weighted by Crippen LogP contribution is 2.27. The second-order valence-electron chi connectivity index (χ2n) is 8.29. The Hall–Kier alpha value is -4.60. The van der Waals surface area contributed by atoms with E-state index in [2.05, 4.69) is 20.5 Å². The van der Waals surface area contributed by atoms with Gasteiger partial charge in [-0.3, -0.25) is 4.79 Å². The Balaban J connectivity index is 1.37. The molecule has 0 saturated carbocycles. The molecule has 5 aromatic rings. The number of fused-ring (bicyclic) bond motifs is 1. The molecule has 10 heteroatoms. The first-order chi connectivity index (χ1) is 17.4. The summed E-state index contributed by atoms with van der Waals surface area (Å²) in [7, 11) is 0. The van der Waals surface area contributed by atoms with Crippen LogP contribution in [0.2, 0.25) is 0 Å². The molecule has 5 rings (SSSR count). The van der Waals surface area contributed by atoms with Gasteiger partial charge in [0.2, 0.25) is 0 Å². The van der Waals surface area contributed by atoms with Crippen LogP contribution >= 0.6 is 0 Å². The predicted octanol–water partition coefficient (Wildman–Crippen LogP) is 5.44. The van der Waals surface area contributed by atoms with Gasteiger partial charge >= 0.3 is 0 Å². The molecule has 0 aliphatic carbocycles. The number of amides is 1. The molecule has 1 amide bonds. The minimum absolute atomic E-state index is 0.0368. The molecule has 3 heterocycles. The zero-order valence-electron chi connectivity index (χ0n) is 19.5. The van der Waals surface area contributed by atoms with Crippen molar-refractivity contribution in [1.82, 2.24) is 24.4 Å². The third-order valence-electron chi connectivity index (χ3n) is 5.61. The van der Waals surface area contributed by atoms with Crippen LogP contribution in [0.1, 0.15) is 33.6 Å². The fraction of sp³-hybridized carbons (Fsp3) is 0.154. The lowest BCUT2D eigenvalue weighted by Crippen LogP contribution is -2.12. The maximum Gasteiger partial charge on any atom is 0.280 e. The second kappa shape index (κ2) is 9.57. The molecule has 0 fully saturated rings. The van der Waals surface area contributed by atoms with Crippen LogP contribution in [0.5, 0.6) is 5.75 Å². The Morgan fingerprint density at radius 1 is 1.06 bits per heavy atom. The van der Waals surface area contributed by atoms with E-state index in [1.165, 1.54) is 23.1 Å². The van der Waals surface area contributed by atoms with Crippen molar-refractivity contribution < 1.29 is 18.3 Å². The van der Waals surface area contributed by atoms with Crippen LogP contribution in [0.3, 0.4) is 0 Å². The molecule has 2 aromatic carbocycles. The number of aryl methyl sites for hydroxylation is 2. The van der Waals surface area contributed by atoms with Crippen LogP contribution in [-0.2, 0) is 6.73 Å². The Kier molecular flexibility index (Phi) is 6.16. The molecule has 3 aromatic heterocycles. The number of halogens is 2. The van der Waals surface area contributed by atoms with Crippen LogP contribution in [0.15, 0.2) is 73.2 Å². The van der Waals surface area contributed by atoms with E-state index in [0.717, 1.165) is 21.4 Å². The van der Waals surface area contributed by atoms with E-state index in [0.29, 0.717) is 16.9 Å². The van der Waals surface area contributed by atoms with Gasteiger partial charge in [-0.25, -0.2) is 23.0 Å². The molecule has 0 radical (unpaired) electrons. The highest BCUT2D eigenvalue weighted by atomic mass is 19.3. The molecule has 1 N–H and O–H groups in total. The van der Waals surface area contributed by atoms with E-state index in [1.54, 1.807) is 30.5 Å². The number of hydrogen-bond acceptors (Lipinski definition) is 5. The van der Waals surface area contributed by atoms with E-state index < -0.39 is 12.3 Å². The minimum Gasteiger partial charge on any atom is -0.471 e. The summed E-state index contributed by atoms with van der Waals surface area (Å²) >= 11 is 0. The minimum atomic E-state index is -2.80. The van der Waals surface area contributed by atoms with Gasteiger partial charge in [-0.1, -0.05) is 48.0 Å². The van der Waals surface area contributed by atoms with Gasteiger partial charge in [0.25, 0.3) is 12.3 Å². The summed E-state index contributed by atoms with van der Waals surface area (Å²) in [6.07, 6.45) is 1.51. The van der Waals surface area contributed by atoms with Crippen LogP contribution < -0.4 is 10.1 Å². The van der Waals surface area contributed by atoms with Crippen molar-refractivity contribution in [2.45, 2.75) is 27.0 Å². The fourth-order valence-electron chi connectivity index (χ4n) is 3.85. The summed E-state index contributed by atoms with van der Waals surface area (Å²) in [4.78, 5) is 17.5. The second-order valence-corrected chi connectivity index (χ2v) is 8.29. The summed E-state index contributed by atoms with van der Waals surface area (Å²) in [5.41, 5.74) is 3.29.